The van der Waals surface area contributed by atoms with Crippen molar-refractivity contribution in [1.29, 1.82) is 5.26 Å². The van der Waals surface area contributed by atoms with Gasteiger partial charge in [-0.3, -0.25) is 4.98 Å². The van der Waals surface area contributed by atoms with Gasteiger partial charge in [0, 0.05) is 27.8 Å². The number of anilines is 3. The topological polar surface area (TPSA) is 103 Å². The molecule has 0 aliphatic carbocycles. The minimum atomic E-state index is -0.533. The number of nitrogens with one attached hydrogen (secondary N) is 3. The van der Waals surface area contributed by atoms with E-state index in [1.807, 2.05) is 41.2 Å². The lowest BCUT2D eigenvalue weighted by atomic mass is 9.89. The van der Waals surface area contributed by atoms with E-state index in [4.69, 9.17) is 23.2 Å². The third-order valence-electron chi connectivity index (χ3n) is 7.70. The van der Waals surface area contributed by atoms with Crippen molar-refractivity contribution in [3.63, 3.8) is 0 Å². The summed E-state index contributed by atoms with van der Waals surface area (Å²) in [5, 5.41) is 30.5. The van der Waals surface area contributed by atoms with Crippen LogP contribution in [-0.4, -0.2) is 32.1 Å². The maximum atomic E-state index is 13.8. The molecule has 0 unspecified atom stereocenters. The van der Waals surface area contributed by atoms with Gasteiger partial charge in [0.15, 0.2) is 0 Å². The molecule has 3 heterocycles. The Kier molecular flexibility index (Phi) is 7.93. The van der Waals surface area contributed by atoms with Gasteiger partial charge in [-0.05, 0) is 69.1 Å². The lowest BCUT2D eigenvalue weighted by molar-refractivity contribution is 0.219. The quantitative estimate of drug-likeness (QED) is 0.172. The summed E-state index contributed by atoms with van der Waals surface area (Å²) in [6.45, 7) is 5.32. The van der Waals surface area contributed by atoms with Crippen LogP contribution in [0.3, 0.4) is 0 Å². The van der Waals surface area contributed by atoms with Gasteiger partial charge >= 0.3 is 0 Å². The van der Waals surface area contributed by atoms with Crippen LogP contribution in [0.2, 0.25) is 10.0 Å². The Balaban J connectivity index is 1.41. The predicted molar refractivity (Wildman–Crippen MR) is 168 cm³/mol. The fraction of sp³-hybridized carbons (Fsp3) is 0.250. The monoisotopic (exact) mass is 614 g/mol. The summed E-state index contributed by atoms with van der Waals surface area (Å²) in [4.78, 5) is 4.64. The molecule has 0 spiro atoms. The number of halogens is 3. The molecule has 1 fully saturated rings. The molecule has 218 valence electrons. The summed E-state index contributed by atoms with van der Waals surface area (Å²) in [5.74, 6) is -0.533. The normalized spacial score (nSPS) is 16.9. The summed E-state index contributed by atoms with van der Waals surface area (Å²) in [5.41, 5.74) is 4.30. The fourth-order valence-corrected chi connectivity index (χ4v) is 6.01. The Morgan fingerprint density at radius 1 is 1.14 bits per heavy atom. The van der Waals surface area contributed by atoms with Crippen LogP contribution in [0.4, 0.5) is 21.5 Å². The maximum Gasteiger partial charge on any atom is 0.141 e. The van der Waals surface area contributed by atoms with Crippen molar-refractivity contribution >= 4 is 51.2 Å². The van der Waals surface area contributed by atoms with E-state index in [-0.39, 0.29) is 22.6 Å². The van der Waals surface area contributed by atoms with E-state index in [1.165, 1.54) is 18.3 Å². The number of rotatable bonds is 7. The molecule has 43 heavy (non-hydrogen) atoms. The van der Waals surface area contributed by atoms with E-state index in [0.717, 1.165) is 30.6 Å². The Morgan fingerprint density at radius 3 is 2.70 bits per heavy atom. The van der Waals surface area contributed by atoms with Gasteiger partial charge in [0.1, 0.15) is 17.6 Å². The van der Waals surface area contributed by atoms with Gasteiger partial charge in [-0.1, -0.05) is 58.7 Å². The zero-order valence-electron chi connectivity index (χ0n) is 23.6. The highest BCUT2D eigenvalue weighted by molar-refractivity contribution is 6.32. The molecule has 3 aromatic carbocycles. The van der Waals surface area contributed by atoms with E-state index in [0.29, 0.717) is 38.6 Å². The zero-order valence-corrected chi connectivity index (χ0v) is 25.1. The average molecular weight is 616 g/mol. The molecule has 0 saturated carbocycles. The van der Waals surface area contributed by atoms with Crippen LogP contribution in [-0.2, 0) is 0 Å². The molecular formula is C32H29Cl2FN8. The van der Waals surface area contributed by atoms with Crippen LogP contribution >= 0.6 is 23.2 Å². The number of hydrogen-bond donors (Lipinski definition) is 3. The summed E-state index contributed by atoms with van der Waals surface area (Å²) in [6, 6.07) is 19.9. The molecule has 3 N–H and O–H groups in total. The second-order valence-electron chi connectivity index (χ2n) is 11.3. The van der Waals surface area contributed by atoms with Crippen LogP contribution < -0.4 is 16.0 Å². The van der Waals surface area contributed by atoms with Gasteiger partial charge in [0.2, 0.25) is 0 Å². The first kappa shape index (κ1) is 28.9. The molecule has 2 aromatic heterocycles. The van der Waals surface area contributed by atoms with Gasteiger partial charge in [-0.25, -0.2) is 9.07 Å². The minimum absolute atomic E-state index is 0.0186. The highest BCUT2D eigenvalue weighted by Crippen LogP contribution is 2.38. The molecule has 5 aromatic rings. The van der Waals surface area contributed by atoms with E-state index < -0.39 is 5.82 Å². The molecule has 8 nitrogen and oxygen atoms in total. The number of benzene rings is 3. The van der Waals surface area contributed by atoms with Crippen LogP contribution in [0, 0.1) is 17.1 Å². The fourth-order valence-electron chi connectivity index (χ4n) is 5.61. The molecule has 2 atom stereocenters. The van der Waals surface area contributed by atoms with Gasteiger partial charge in [-0.15, -0.1) is 5.10 Å². The van der Waals surface area contributed by atoms with E-state index >= 15 is 0 Å². The maximum absolute atomic E-state index is 13.8. The Labute approximate surface area is 258 Å². The molecular weight excluding hydrogens is 586 g/mol. The van der Waals surface area contributed by atoms with E-state index in [9.17, 15) is 9.65 Å². The predicted octanol–water partition coefficient (Wildman–Crippen LogP) is 7.79. The number of pyridine rings is 1. The first-order chi connectivity index (χ1) is 20.7. The number of aromatic nitrogens is 4. The SMILES string of the molecule is CC1(C)C[C@H](n2cc([C@H](Nc3cc(Cl)cc4c(Nc5ccc(F)c(Cl)c5)c(C#N)cnc34)c3ccccc3)nn2)CCN1. The molecule has 1 aliphatic rings. The zero-order chi connectivity index (χ0) is 30.1. The first-order valence-electron chi connectivity index (χ1n) is 13.9. The van der Waals surface area contributed by atoms with Crippen LogP contribution in [0.25, 0.3) is 10.9 Å². The summed E-state index contributed by atoms with van der Waals surface area (Å²) in [6.07, 6.45) is 5.42. The summed E-state index contributed by atoms with van der Waals surface area (Å²) in [7, 11) is 0. The first-order valence-corrected chi connectivity index (χ1v) is 14.7. The lowest BCUT2D eigenvalue weighted by Crippen LogP contribution is -2.46. The van der Waals surface area contributed by atoms with Gasteiger partial charge in [0.05, 0.1) is 45.8 Å². The molecule has 11 heteroatoms. The Morgan fingerprint density at radius 2 is 1.95 bits per heavy atom. The highest BCUT2D eigenvalue weighted by atomic mass is 35.5. The molecule has 6 rings (SSSR count). The molecule has 0 radical (unpaired) electrons. The second-order valence-corrected chi connectivity index (χ2v) is 12.2. The number of piperidine rings is 1. The van der Waals surface area contributed by atoms with Crippen LogP contribution in [0.1, 0.15) is 55.6 Å². The highest BCUT2D eigenvalue weighted by Gasteiger charge is 2.30. The van der Waals surface area contributed by atoms with Gasteiger partial charge in [-0.2, -0.15) is 5.26 Å². The number of hydrogen-bond acceptors (Lipinski definition) is 7. The minimum Gasteiger partial charge on any atom is -0.371 e. The third-order valence-corrected chi connectivity index (χ3v) is 8.21. The Hall–Kier alpha value is -4.23. The van der Waals surface area contributed by atoms with Crippen molar-refractivity contribution in [3.05, 3.63) is 106 Å². The smallest absolute Gasteiger partial charge is 0.141 e. The lowest BCUT2D eigenvalue weighted by Gasteiger charge is -2.36. The van der Waals surface area contributed by atoms with Crippen molar-refractivity contribution in [3.8, 4) is 6.07 Å². The van der Waals surface area contributed by atoms with Crippen LogP contribution in [0.5, 0.6) is 0 Å². The number of fused-ring (bicyclic) bond motifs is 1. The van der Waals surface area contributed by atoms with Gasteiger partial charge in [0.25, 0.3) is 0 Å². The summed E-state index contributed by atoms with van der Waals surface area (Å²) >= 11 is 12.7. The van der Waals surface area contributed by atoms with Crippen molar-refractivity contribution in [2.45, 2.75) is 44.3 Å². The van der Waals surface area contributed by atoms with Crippen LogP contribution in [0.15, 0.2) is 73.1 Å². The average Bonchev–Trinajstić information content (AvgIpc) is 3.48. The second kappa shape index (κ2) is 11.8. The molecule has 0 amide bonds. The molecule has 1 aliphatic heterocycles. The van der Waals surface area contributed by atoms with Crippen molar-refractivity contribution in [2.24, 2.45) is 0 Å². The van der Waals surface area contributed by atoms with E-state index in [2.05, 4.69) is 51.2 Å². The largest absolute Gasteiger partial charge is 0.371 e. The van der Waals surface area contributed by atoms with Crippen molar-refractivity contribution in [2.75, 3.05) is 17.2 Å². The number of nitrogens with zero attached hydrogens (tertiary/aromatic N) is 5. The number of nitriles is 1. The summed E-state index contributed by atoms with van der Waals surface area (Å²) < 4.78 is 15.8. The standard InChI is InChI=1S/C32H29Cl2FN8/c1-32(2)15-23(10-11-38-32)43-18-28(41-42-43)30(19-6-4-3-5-7-19)40-27-13-21(33)12-24-29(20(16-36)17-37-31(24)27)39-22-8-9-26(35)25(34)14-22/h3-9,12-14,17-18,23,30,38,40H,10-11,15H2,1-2H3,(H,37,39)/t23-,30-/m1/s1. The van der Waals surface area contributed by atoms with Crippen molar-refractivity contribution < 1.29 is 4.39 Å². The van der Waals surface area contributed by atoms with Gasteiger partial charge < -0.3 is 16.0 Å². The van der Waals surface area contributed by atoms with E-state index in [1.54, 1.807) is 18.2 Å². The third kappa shape index (κ3) is 6.13. The molecule has 1 saturated heterocycles. The molecule has 0 bridgehead atoms. The Bertz CT molecular complexity index is 1830. The van der Waals surface area contributed by atoms with Crippen molar-refractivity contribution in [1.82, 2.24) is 25.3 Å².